The molecule has 0 spiro atoms. The predicted octanol–water partition coefficient (Wildman–Crippen LogP) is 4.94. The lowest BCUT2D eigenvalue weighted by Crippen LogP contribution is -2.50. The fraction of sp³-hybridized carbons (Fsp3) is 0.381. The molecule has 0 aliphatic carbocycles. The number of unbranched alkanes of at least 4 members (excludes halogenated alkanes) is 1. The third-order valence-corrected chi connectivity index (χ3v) is 4.76. The van der Waals surface area contributed by atoms with E-state index >= 15 is 0 Å². The molecule has 1 heterocycles. The van der Waals surface area contributed by atoms with Crippen LogP contribution in [0.25, 0.3) is 0 Å². The molecule has 0 radical (unpaired) electrons. The van der Waals surface area contributed by atoms with Gasteiger partial charge >= 0.3 is 0 Å². The van der Waals surface area contributed by atoms with Crippen LogP contribution in [0.3, 0.4) is 0 Å². The molecule has 1 unspecified atom stereocenters. The number of anilines is 2. The van der Waals surface area contributed by atoms with E-state index in [0.717, 1.165) is 13.1 Å². The van der Waals surface area contributed by atoms with Gasteiger partial charge in [0, 0.05) is 13.1 Å². The summed E-state index contributed by atoms with van der Waals surface area (Å²) in [6, 6.07) is 18.7. The Bertz CT molecular complexity index is 729. The molecule has 0 saturated carbocycles. The van der Waals surface area contributed by atoms with Gasteiger partial charge in [-0.15, -0.1) is 0 Å². The molecule has 1 aliphatic rings. The summed E-state index contributed by atoms with van der Waals surface area (Å²) in [5, 5.41) is 12.7. The summed E-state index contributed by atoms with van der Waals surface area (Å²) in [4.78, 5) is 2.46. The zero-order chi connectivity index (χ0) is 17.0. The van der Waals surface area contributed by atoms with Crippen molar-refractivity contribution in [2.24, 2.45) is 0 Å². The highest BCUT2D eigenvalue weighted by atomic mass is 15.2. The summed E-state index contributed by atoms with van der Waals surface area (Å²) in [5.74, 6) is 0. The van der Waals surface area contributed by atoms with Crippen LogP contribution in [0.1, 0.15) is 44.2 Å². The number of para-hydroxylation sites is 2. The first kappa shape index (κ1) is 16.4. The molecule has 2 aromatic rings. The quantitative estimate of drug-likeness (QED) is 0.848. The number of nitrogens with zero attached hydrogens (tertiary/aromatic N) is 2. The third kappa shape index (κ3) is 3.54. The number of nitriles is 1. The molecule has 3 rings (SSSR count). The van der Waals surface area contributed by atoms with Crippen LogP contribution in [0.5, 0.6) is 0 Å². The second-order valence-corrected chi connectivity index (χ2v) is 6.97. The average Bonchev–Trinajstić information content (AvgIpc) is 2.60. The number of benzene rings is 2. The monoisotopic (exact) mass is 319 g/mol. The van der Waals surface area contributed by atoms with Crippen LogP contribution in [0.4, 0.5) is 11.4 Å². The van der Waals surface area contributed by atoms with Gasteiger partial charge in [0.15, 0.2) is 0 Å². The first-order valence-electron chi connectivity index (χ1n) is 8.75. The molecule has 1 atom stereocenters. The van der Waals surface area contributed by atoms with Gasteiger partial charge in [-0.1, -0.05) is 44.0 Å². The Morgan fingerprint density at radius 3 is 2.62 bits per heavy atom. The Hall–Kier alpha value is -2.47. The van der Waals surface area contributed by atoms with E-state index in [4.69, 9.17) is 5.26 Å². The summed E-state index contributed by atoms with van der Waals surface area (Å²) in [7, 11) is 0. The Balaban J connectivity index is 1.85. The zero-order valence-electron chi connectivity index (χ0n) is 14.5. The lowest BCUT2D eigenvalue weighted by molar-refractivity contribution is 0.436. The lowest BCUT2D eigenvalue weighted by atomic mass is 9.90. The van der Waals surface area contributed by atoms with Gasteiger partial charge in [0.05, 0.1) is 28.5 Å². The molecule has 24 heavy (non-hydrogen) atoms. The Morgan fingerprint density at radius 1 is 1.17 bits per heavy atom. The van der Waals surface area contributed by atoms with Crippen LogP contribution in [-0.4, -0.2) is 12.1 Å². The fourth-order valence-electron chi connectivity index (χ4n) is 3.48. The van der Waals surface area contributed by atoms with Gasteiger partial charge in [-0.05, 0) is 43.2 Å². The molecule has 0 amide bonds. The summed E-state index contributed by atoms with van der Waals surface area (Å²) < 4.78 is 0. The van der Waals surface area contributed by atoms with E-state index in [2.05, 4.69) is 66.5 Å². The Kier molecular flexibility index (Phi) is 4.76. The maximum absolute atomic E-state index is 8.96. The van der Waals surface area contributed by atoms with Crippen LogP contribution >= 0.6 is 0 Å². The molecule has 0 aromatic heterocycles. The van der Waals surface area contributed by atoms with Crippen molar-refractivity contribution in [3.63, 3.8) is 0 Å². The normalized spacial score (nSPS) is 19.3. The van der Waals surface area contributed by atoms with Gasteiger partial charge in [0.25, 0.3) is 0 Å². The number of fused-ring (bicyclic) bond motifs is 1. The van der Waals surface area contributed by atoms with Gasteiger partial charge in [-0.25, -0.2) is 0 Å². The van der Waals surface area contributed by atoms with Gasteiger partial charge in [0.2, 0.25) is 0 Å². The molecule has 0 saturated heterocycles. The summed E-state index contributed by atoms with van der Waals surface area (Å²) in [5.41, 5.74) is 4.53. The minimum absolute atomic E-state index is 0.0942. The molecular weight excluding hydrogens is 294 g/mol. The zero-order valence-corrected chi connectivity index (χ0v) is 14.5. The summed E-state index contributed by atoms with van der Waals surface area (Å²) in [6.07, 6.45) is 3.62. The van der Waals surface area contributed by atoms with E-state index in [1.807, 2.05) is 12.1 Å². The highest BCUT2D eigenvalue weighted by Crippen LogP contribution is 2.37. The van der Waals surface area contributed by atoms with E-state index in [-0.39, 0.29) is 5.54 Å². The minimum Gasteiger partial charge on any atom is -0.376 e. The first-order valence-corrected chi connectivity index (χ1v) is 8.75. The highest BCUT2D eigenvalue weighted by Gasteiger charge is 2.32. The van der Waals surface area contributed by atoms with Gasteiger partial charge < -0.3 is 10.2 Å². The van der Waals surface area contributed by atoms with Gasteiger partial charge in [-0.3, -0.25) is 0 Å². The maximum Gasteiger partial charge on any atom is 0.0991 e. The van der Waals surface area contributed by atoms with Crippen molar-refractivity contribution in [1.29, 1.82) is 5.26 Å². The summed E-state index contributed by atoms with van der Waals surface area (Å²) >= 11 is 0. The van der Waals surface area contributed by atoms with Crippen molar-refractivity contribution < 1.29 is 0 Å². The molecule has 124 valence electrons. The van der Waals surface area contributed by atoms with E-state index in [1.54, 1.807) is 0 Å². The molecule has 3 nitrogen and oxygen atoms in total. The molecule has 1 N–H and O–H groups in total. The van der Waals surface area contributed by atoms with E-state index in [9.17, 15) is 0 Å². The fourth-order valence-corrected chi connectivity index (χ4v) is 3.48. The Labute approximate surface area is 144 Å². The molecule has 3 heteroatoms. The van der Waals surface area contributed by atoms with Crippen LogP contribution in [0, 0.1) is 11.3 Å². The Morgan fingerprint density at radius 2 is 1.92 bits per heavy atom. The maximum atomic E-state index is 8.96. The SMILES string of the molecule is CCCCC1(C)CN(Cc2ccc(C#N)cc2)c2ccccc2N1. The highest BCUT2D eigenvalue weighted by molar-refractivity contribution is 5.73. The molecule has 0 bridgehead atoms. The summed E-state index contributed by atoms with van der Waals surface area (Å²) in [6.45, 7) is 6.43. The van der Waals surface area contributed by atoms with Crippen molar-refractivity contribution in [2.75, 3.05) is 16.8 Å². The van der Waals surface area contributed by atoms with Gasteiger partial charge in [-0.2, -0.15) is 5.26 Å². The largest absolute Gasteiger partial charge is 0.376 e. The topological polar surface area (TPSA) is 39.1 Å². The molecule has 1 aliphatic heterocycles. The predicted molar refractivity (Wildman–Crippen MR) is 100 cm³/mol. The number of hydrogen-bond acceptors (Lipinski definition) is 3. The lowest BCUT2D eigenvalue weighted by Gasteiger charge is -2.44. The van der Waals surface area contributed by atoms with Crippen LogP contribution in [0.2, 0.25) is 0 Å². The van der Waals surface area contributed by atoms with Crippen LogP contribution < -0.4 is 10.2 Å². The molecule has 0 fully saturated rings. The van der Waals surface area contributed by atoms with E-state index < -0.39 is 0 Å². The smallest absolute Gasteiger partial charge is 0.0991 e. The standard InChI is InChI=1S/C21H25N3/c1-3-4-13-21(2)16-24(20-8-6-5-7-19(20)23-21)15-18-11-9-17(14-22)10-12-18/h5-12,23H,3-4,13,15-16H2,1-2H3. The van der Waals surface area contributed by atoms with Crippen molar-refractivity contribution in [3.05, 3.63) is 59.7 Å². The number of nitrogens with one attached hydrogen (secondary N) is 1. The molecular formula is C21H25N3. The first-order chi connectivity index (χ1) is 11.6. The van der Waals surface area contributed by atoms with Gasteiger partial charge in [0.1, 0.15) is 0 Å². The number of rotatable bonds is 5. The second-order valence-electron chi connectivity index (χ2n) is 6.97. The van der Waals surface area contributed by atoms with Crippen molar-refractivity contribution >= 4 is 11.4 Å². The van der Waals surface area contributed by atoms with Crippen molar-refractivity contribution in [3.8, 4) is 6.07 Å². The third-order valence-electron chi connectivity index (χ3n) is 4.76. The minimum atomic E-state index is 0.0942. The second kappa shape index (κ2) is 6.97. The number of hydrogen-bond donors (Lipinski definition) is 1. The van der Waals surface area contributed by atoms with E-state index in [0.29, 0.717) is 5.56 Å². The van der Waals surface area contributed by atoms with Crippen molar-refractivity contribution in [2.45, 2.75) is 45.2 Å². The molecule has 2 aromatic carbocycles. The van der Waals surface area contributed by atoms with Crippen molar-refractivity contribution in [1.82, 2.24) is 0 Å². The van der Waals surface area contributed by atoms with Crippen LogP contribution in [0.15, 0.2) is 48.5 Å². The average molecular weight is 319 g/mol. The van der Waals surface area contributed by atoms with E-state index in [1.165, 1.54) is 36.2 Å². The van der Waals surface area contributed by atoms with Crippen LogP contribution in [-0.2, 0) is 6.54 Å².